The third-order valence-electron chi connectivity index (χ3n) is 3.45. The van der Waals surface area contributed by atoms with Crippen molar-refractivity contribution in [2.75, 3.05) is 0 Å². The summed E-state index contributed by atoms with van der Waals surface area (Å²) in [5.74, 6) is -1.11. The largest absolute Gasteiger partial charge is 0.476 e. The van der Waals surface area contributed by atoms with Crippen LogP contribution in [0.3, 0.4) is 0 Å². The Morgan fingerprint density at radius 3 is 2.65 bits per heavy atom. The minimum absolute atomic E-state index is 0.0815. The lowest BCUT2D eigenvalue weighted by molar-refractivity contribution is 0.0118. The fraction of sp³-hybridized carbons (Fsp3) is 0.462. The molecule has 0 aliphatic carbocycles. The number of nitrogens with zero attached hydrogens (tertiary/aromatic N) is 3. The van der Waals surface area contributed by atoms with Gasteiger partial charge in [0.1, 0.15) is 5.69 Å². The first-order valence-electron chi connectivity index (χ1n) is 6.43. The van der Waals surface area contributed by atoms with Crippen molar-refractivity contribution in [2.45, 2.75) is 38.8 Å². The Balaban J connectivity index is 2.47. The van der Waals surface area contributed by atoms with Crippen molar-refractivity contribution >= 4 is 17.3 Å². The molecule has 6 nitrogen and oxygen atoms in total. The third kappa shape index (κ3) is 2.73. The number of thiophene rings is 1. The molecule has 2 aromatic rings. The molecule has 2 rings (SSSR count). The molecule has 0 amide bonds. The van der Waals surface area contributed by atoms with Crippen molar-refractivity contribution in [3.63, 3.8) is 0 Å². The minimum atomic E-state index is -1.11. The molecule has 0 unspecified atom stereocenters. The van der Waals surface area contributed by atoms with E-state index in [1.807, 2.05) is 31.4 Å². The predicted molar refractivity (Wildman–Crippen MR) is 75.8 cm³/mol. The van der Waals surface area contributed by atoms with Crippen LogP contribution in [-0.4, -0.2) is 36.8 Å². The second-order valence-corrected chi connectivity index (χ2v) is 5.61. The molecule has 0 saturated heterocycles. The van der Waals surface area contributed by atoms with E-state index in [0.717, 1.165) is 4.88 Å². The van der Waals surface area contributed by atoms with Gasteiger partial charge in [0.15, 0.2) is 5.69 Å². The smallest absolute Gasteiger partial charge is 0.358 e. The molecule has 0 atom stereocenters. The van der Waals surface area contributed by atoms with Gasteiger partial charge in [0, 0.05) is 0 Å². The molecule has 0 fully saturated rings. The summed E-state index contributed by atoms with van der Waals surface area (Å²) in [7, 11) is 0. The van der Waals surface area contributed by atoms with E-state index in [1.165, 1.54) is 16.0 Å². The molecule has 2 aromatic heterocycles. The van der Waals surface area contributed by atoms with Gasteiger partial charge in [0.2, 0.25) is 0 Å². The van der Waals surface area contributed by atoms with E-state index >= 15 is 0 Å². The molecule has 108 valence electrons. The molecule has 20 heavy (non-hydrogen) atoms. The van der Waals surface area contributed by atoms with Crippen LogP contribution in [0.4, 0.5) is 0 Å². The van der Waals surface area contributed by atoms with E-state index in [0.29, 0.717) is 18.5 Å². The lowest BCUT2D eigenvalue weighted by Crippen LogP contribution is -2.33. The van der Waals surface area contributed by atoms with Crippen LogP contribution in [0.5, 0.6) is 0 Å². The monoisotopic (exact) mass is 295 g/mol. The maximum Gasteiger partial charge on any atom is 0.358 e. The number of hydrogen-bond donors (Lipinski definition) is 2. The summed E-state index contributed by atoms with van der Waals surface area (Å²) in [5, 5.41) is 29.1. The van der Waals surface area contributed by atoms with Crippen molar-refractivity contribution in [1.29, 1.82) is 0 Å². The fourth-order valence-electron chi connectivity index (χ4n) is 1.98. The first-order chi connectivity index (χ1) is 9.50. The number of carboxylic acid groups (broad SMARTS) is 1. The first-order valence-corrected chi connectivity index (χ1v) is 7.31. The Morgan fingerprint density at radius 2 is 2.15 bits per heavy atom. The molecule has 0 aliphatic heterocycles. The number of aliphatic hydroxyl groups is 1. The molecule has 0 saturated carbocycles. The number of carbonyl (C=O) groups is 1. The van der Waals surface area contributed by atoms with Gasteiger partial charge in [0.05, 0.1) is 17.0 Å². The average molecular weight is 295 g/mol. The molecule has 2 heterocycles. The normalized spacial score (nSPS) is 11.8. The van der Waals surface area contributed by atoms with Gasteiger partial charge in [-0.05, 0) is 24.3 Å². The zero-order chi connectivity index (χ0) is 14.8. The highest BCUT2D eigenvalue weighted by Gasteiger charge is 2.28. The third-order valence-corrected chi connectivity index (χ3v) is 4.33. The zero-order valence-electron chi connectivity index (χ0n) is 11.4. The molecule has 0 aliphatic rings. The van der Waals surface area contributed by atoms with Crippen LogP contribution >= 0.6 is 11.3 Å². The summed E-state index contributed by atoms with van der Waals surface area (Å²) in [6.45, 7) is 4.01. The van der Waals surface area contributed by atoms with Gasteiger partial charge >= 0.3 is 5.97 Å². The van der Waals surface area contributed by atoms with Gasteiger partial charge in [-0.1, -0.05) is 25.1 Å². The Bertz CT molecular complexity index is 588. The van der Waals surface area contributed by atoms with Crippen LogP contribution in [0, 0.1) is 0 Å². The maximum absolute atomic E-state index is 11.3. The van der Waals surface area contributed by atoms with E-state index in [4.69, 9.17) is 0 Å². The number of rotatable bonds is 6. The highest BCUT2D eigenvalue weighted by molar-refractivity contribution is 7.13. The molecule has 0 spiro atoms. The Kier molecular flexibility index (Phi) is 4.20. The number of hydrogen-bond acceptors (Lipinski definition) is 5. The molecular formula is C13H17N3O3S. The van der Waals surface area contributed by atoms with E-state index in [-0.39, 0.29) is 12.2 Å². The van der Waals surface area contributed by atoms with Crippen LogP contribution in [0.1, 0.15) is 37.2 Å². The lowest BCUT2D eigenvalue weighted by atomic mass is 9.97. The summed E-state index contributed by atoms with van der Waals surface area (Å²) in [5.41, 5.74) is -0.537. The van der Waals surface area contributed by atoms with E-state index < -0.39 is 11.6 Å². The minimum Gasteiger partial charge on any atom is -0.476 e. The quantitative estimate of drug-likeness (QED) is 0.853. The first kappa shape index (κ1) is 14.7. The van der Waals surface area contributed by atoms with Gasteiger partial charge in [-0.2, -0.15) is 0 Å². The molecule has 0 bridgehead atoms. The molecule has 2 N–H and O–H groups in total. The standard InChI is InChI=1S/C13H17N3O3S/c1-3-13(19,4-2)8-16-11(9-6-5-7-20-9)10(12(17)18)14-15-16/h5-7,19H,3-4,8H2,1-2H3,(H,17,18). The van der Waals surface area contributed by atoms with Crippen molar-refractivity contribution < 1.29 is 15.0 Å². The second-order valence-electron chi connectivity index (χ2n) is 4.66. The van der Waals surface area contributed by atoms with Gasteiger partial charge in [-0.25, -0.2) is 9.48 Å². The summed E-state index contributed by atoms with van der Waals surface area (Å²) >= 11 is 1.42. The Morgan fingerprint density at radius 1 is 1.45 bits per heavy atom. The summed E-state index contributed by atoms with van der Waals surface area (Å²) in [6.07, 6.45) is 1.13. The second kappa shape index (κ2) is 5.72. The number of carboxylic acids is 1. The average Bonchev–Trinajstić information content (AvgIpc) is 3.06. The Hall–Kier alpha value is -1.73. The topological polar surface area (TPSA) is 88.2 Å². The van der Waals surface area contributed by atoms with Crippen LogP contribution in [0.15, 0.2) is 17.5 Å². The van der Waals surface area contributed by atoms with Crippen molar-refractivity contribution in [2.24, 2.45) is 0 Å². The zero-order valence-corrected chi connectivity index (χ0v) is 12.2. The summed E-state index contributed by atoms with van der Waals surface area (Å²) in [4.78, 5) is 12.0. The van der Waals surface area contributed by atoms with Crippen molar-refractivity contribution in [3.05, 3.63) is 23.2 Å². The number of aromatic carboxylic acids is 1. The van der Waals surface area contributed by atoms with Crippen molar-refractivity contribution in [3.8, 4) is 10.6 Å². The SMILES string of the molecule is CCC(O)(CC)Cn1nnc(C(=O)O)c1-c1cccs1. The van der Waals surface area contributed by atoms with Gasteiger partial charge in [0.25, 0.3) is 0 Å². The van der Waals surface area contributed by atoms with E-state index in [2.05, 4.69) is 10.3 Å². The highest BCUT2D eigenvalue weighted by Crippen LogP contribution is 2.29. The molecule has 0 aromatic carbocycles. The van der Waals surface area contributed by atoms with Crippen molar-refractivity contribution in [1.82, 2.24) is 15.0 Å². The summed E-state index contributed by atoms with van der Waals surface area (Å²) in [6, 6.07) is 3.66. The molecular weight excluding hydrogens is 278 g/mol. The van der Waals surface area contributed by atoms with Gasteiger partial charge in [-0.3, -0.25) is 0 Å². The van der Waals surface area contributed by atoms with Crippen LogP contribution in [-0.2, 0) is 6.54 Å². The van der Waals surface area contributed by atoms with Gasteiger partial charge < -0.3 is 10.2 Å². The van der Waals surface area contributed by atoms with E-state index in [9.17, 15) is 15.0 Å². The number of aromatic nitrogens is 3. The highest BCUT2D eigenvalue weighted by atomic mass is 32.1. The molecule has 0 radical (unpaired) electrons. The Labute approximate surface area is 120 Å². The maximum atomic E-state index is 11.3. The van der Waals surface area contributed by atoms with Crippen LogP contribution in [0.25, 0.3) is 10.6 Å². The predicted octanol–water partition coefficient (Wildman–Crippen LogP) is 2.26. The van der Waals surface area contributed by atoms with E-state index in [1.54, 1.807) is 0 Å². The van der Waals surface area contributed by atoms with Crippen LogP contribution in [0.2, 0.25) is 0 Å². The summed E-state index contributed by atoms with van der Waals surface area (Å²) < 4.78 is 1.49. The lowest BCUT2D eigenvalue weighted by Gasteiger charge is -2.25. The van der Waals surface area contributed by atoms with Gasteiger partial charge in [-0.15, -0.1) is 16.4 Å². The molecule has 7 heteroatoms. The van der Waals surface area contributed by atoms with Crippen LogP contribution < -0.4 is 0 Å². The fourth-order valence-corrected chi connectivity index (χ4v) is 2.75.